The van der Waals surface area contributed by atoms with Gasteiger partial charge in [0.2, 0.25) is 10.0 Å². The van der Waals surface area contributed by atoms with Gasteiger partial charge in [0.25, 0.3) is 0 Å². The molecule has 21 heavy (non-hydrogen) atoms. The highest BCUT2D eigenvalue weighted by Crippen LogP contribution is 2.30. The molecule has 0 aromatic carbocycles. The molecule has 1 aromatic heterocycles. The van der Waals surface area contributed by atoms with Gasteiger partial charge >= 0.3 is 0 Å². The number of ether oxygens (including phenoxy) is 1. The number of hydrogen-bond donors (Lipinski definition) is 1. The molecule has 0 bridgehead atoms. The minimum Gasteiger partial charge on any atom is -0.383 e. The first kappa shape index (κ1) is 16.9. The Hall–Kier alpha value is -0.470. The van der Waals surface area contributed by atoms with Crippen molar-refractivity contribution >= 4 is 21.4 Å². The quantitative estimate of drug-likeness (QED) is 0.751. The Balaban J connectivity index is 2.22. The van der Waals surface area contributed by atoms with E-state index in [4.69, 9.17) is 4.74 Å². The number of aryl methyl sites for hydroxylation is 1. The highest BCUT2D eigenvalue weighted by atomic mass is 32.2. The van der Waals surface area contributed by atoms with Gasteiger partial charge in [-0.15, -0.1) is 11.3 Å². The van der Waals surface area contributed by atoms with Gasteiger partial charge in [-0.25, -0.2) is 8.42 Å². The topological polar surface area (TPSA) is 58.6 Å². The Morgan fingerprint density at radius 2 is 2.19 bits per heavy atom. The Labute approximate surface area is 131 Å². The summed E-state index contributed by atoms with van der Waals surface area (Å²) in [5.74, 6) is 0. The number of sulfonamides is 1. The van der Waals surface area contributed by atoms with Crippen molar-refractivity contribution in [1.82, 2.24) is 9.62 Å². The van der Waals surface area contributed by atoms with Gasteiger partial charge in [-0.2, -0.15) is 4.31 Å². The fourth-order valence-corrected chi connectivity index (χ4v) is 5.40. The molecule has 120 valence electrons. The first-order chi connectivity index (χ1) is 10.0. The third-order valence-corrected chi connectivity index (χ3v) is 7.05. The molecule has 0 unspecified atom stereocenters. The van der Waals surface area contributed by atoms with Gasteiger partial charge in [0.15, 0.2) is 0 Å². The second-order valence-electron chi connectivity index (χ2n) is 5.32. The fourth-order valence-electron chi connectivity index (χ4n) is 2.25. The predicted octanol–water partition coefficient (Wildman–Crippen LogP) is 1.97. The second-order valence-corrected chi connectivity index (χ2v) is 8.15. The lowest BCUT2D eigenvalue weighted by molar-refractivity contribution is 0.180. The molecule has 1 saturated carbocycles. The summed E-state index contributed by atoms with van der Waals surface area (Å²) >= 11 is 1.52. The van der Waals surface area contributed by atoms with Crippen molar-refractivity contribution < 1.29 is 13.2 Å². The molecule has 5 nitrogen and oxygen atoms in total. The minimum atomic E-state index is -3.45. The van der Waals surface area contributed by atoms with Crippen LogP contribution in [0.25, 0.3) is 0 Å². The van der Waals surface area contributed by atoms with Crippen molar-refractivity contribution in [3.05, 3.63) is 15.8 Å². The van der Waals surface area contributed by atoms with E-state index in [1.807, 2.05) is 19.2 Å². The van der Waals surface area contributed by atoms with Gasteiger partial charge in [0.1, 0.15) is 4.90 Å². The number of methoxy groups -OCH3 is 1. The first-order valence-corrected chi connectivity index (χ1v) is 9.62. The lowest BCUT2D eigenvalue weighted by Crippen LogP contribution is -2.34. The molecule has 1 aliphatic rings. The molecular weight excluding hydrogens is 308 g/mol. The van der Waals surface area contributed by atoms with Crippen LogP contribution in [0.3, 0.4) is 0 Å². The molecule has 1 N–H and O–H groups in total. The summed E-state index contributed by atoms with van der Waals surface area (Å²) in [6.07, 6.45) is 2.39. The van der Waals surface area contributed by atoms with Gasteiger partial charge in [-0.3, -0.25) is 0 Å². The smallest absolute Gasteiger partial charge is 0.244 e. The van der Waals surface area contributed by atoms with Crippen LogP contribution in [0.5, 0.6) is 0 Å². The summed E-state index contributed by atoms with van der Waals surface area (Å²) in [6.45, 7) is 5.62. The van der Waals surface area contributed by atoms with Crippen LogP contribution < -0.4 is 5.32 Å². The fraction of sp³-hybridized carbons (Fsp3) is 0.714. The average Bonchev–Trinajstić information content (AvgIpc) is 3.19. The monoisotopic (exact) mass is 332 g/mol. The lowest BCUT2D eigenvalue weighted by Gasteiger charge is -2.21. The molecule has 0 aliphatic heterocycles. The molecule has 1 aromatic rings. The van der Waals surface area contributed by atoms with Gasteiger partial charge < -0.3 is 10.1 Å². The highest BCUT2D eigenvalue weighted by Gasteiger charge is 2.29. The van der Waals surface area contributed by atoms with E-state index in [-0.39, 0.29) is 0 Å². The summed E-state index contributed by atoms with van der Waals surface area (Å²) in [6, 6.07) is 0.568. The minimum absolute atomic E-state index is 0.389. The molecular formula is C14H24N2O3S2. The third kappa shape index (κ3) is 4.04. The molecule has 1 heterocycles. The largest absolute Gasteiger partial charge is 0.383 e. The number of nitrogens with zero attached hydrogens (tertiary/aromatic N) is 1. The molecule has 2 rings (SSSR count). The highest BCUT2D eigenvalue weighted by molar-refractivity contribution is 7.89. The van der Waals surface area contributed by atoms with E-state index in [1.54, 1.807) is 7.11 Å². The standard InChI is InChI=1S/C14H24N2O3S2/c1-4-16(7-8-19-3)21(17,18)14-11(2)10-20-13(14)9-15-12-5-6-12/h10,12,15H,4-9H2,1-3H3. The molecule has 1 fully saturated rings. The second kappa shape index (κ2) is 7.19. The van der Waals surface area contributed by atoms with Crippen LogP contribution in [0.4, 0.5) is 0 Å². The van der Waals surface area contributed by atoms with Crippen LogP contribution >= 0.6 is 11.3 Å². The van der Waals surface area contributed by atoms with Crippen LogP contribution in [0, 0.1) is 6.92 Å². The van der Waals surface area contributed by atoms with Gasteiger partial charge in [-0.05, 0) is 30.7 Å². The van der Waals surface area contributed by atoms with Crippen molar-refractivity contribution in [3.63, 3.8) is 0 Å². The summed E-state index contributed by atoms with van der Waals surface area (Å²) in [5.41, 5.74) is 0.837. The van der Waals surface area contributed by atoms with Crippen molar-refractivity contribution in [2.24, 2.45) is 0 Å². The Kier molecular flexibility index (Phi) is 5.79. The Bertz CT molecular complexity index is 565. The molecule has 0 spiro atoms. The van der Waals surface area contributed by atoms with Crippen LogP contribution in [0.2, 0.25) is 0 Å². The van der Waals surface area contributed by atoms with Gasteiger partial charge in [-0.1, -0.05) is 6.92 Å². The summed E-state index contributed by atoms with van der Waals surface area (Å²) in [4.78, 5) is 1.40. The van der Waals surface area contributed by atoms with Crippen molar-refractivity contribution in [2.45, 2.75) is 44.2 Å². The summed E-state index contributed by atoms with van der Waals surface area (Å²) in [7, 11) is -1.86. The number of nitrogens with one attached hydrogen (secondary N) is 1. The van der Waals surface area contributed by atoms with E-state index in [2.05, 4.69) is 5.32 Å². The Morgan fingerprint density at radius 1 is 1.48 bits per heavy atom. The van der Waals surface area contributed by atoms with Crippen molar-refractivity contribution in [1.29, 1.82) is 0 Å². The SMILES string of the molecule is CCN(CCOC)S(=O)(=O)c1c(C)csc1CNC1CC1. The predicted molar refractivity (Wildman–Crippen MR) is 85.2 cm³/mol. The zero-order valence-electron chi connectivity index (χ0n) is 12.9. The van der Waals surface area contributed by atoms with Crippen molar-refractivity contribution in [2.75, 3.05) is 26.8 Å². The van der Waals surface area contributed by atoms with E-state index in [0.29, 0.717) is 37.2 Å². The van der Waals surface area contributed by atoms with Crippen LogP contribution in [-0.4, -0.2) is 45.6 Å². The number of thiophene rings is 1. The third-order valence-electron chi connectivity index (χ3n) is 3.61. The molecule has 0 amide bonds. The maximum atomic E-state index is 12.9. The summed E-state index contributed by atoms with van der Waals surface area (Å²) in [5, 5.41) is 5.33. The van der Waals surface area contributed by atoms with Crippen LogP contribution in [0.1, 0.15) is 30.2 Å². The number of likely N-dealkylation sites (N-methyl/N-ethyl adjacent to an activating group) is 1. The molecule has 0 radical (unpaired) electrons. The molecule has 7 heteroatoms. The maximum absolute atomic E-state index is 12.9. The van der Waals surface area contributed by atoms with Crippen molar-refractivity contribution in [3.8, 4) is 0 Å². The first-order valence-electron chi connectivity index (χ1n) is 7.30. The zero-order valence-corrected chi connectivity index (χ0v) is 14.5. The molecule has 1 aliphatic carbocycles. The molecule has 0 atom stereocenters. The lowest BCUT2D eigenvalue weighted by atomic mass is 10.3. The van der Waals surface area contributed by atoms with E-state index in [1.165, 1.54) is 28.5 Å². The normalized spacial score (nSPS) is 15.8. The molecule has 0 saturated heterocycles. The number of rotatable bonds is 9. The van der Waals surface area contributed by atoms with Crippen LogP contribution in [0.15, 0.2) is 10.3 Å². The van der Waals surface area contributed by atoms with E-state index < -0.39 is 10.0 Å². The zero-order chi connectivity index (χ0) is 15.5. The van der Waals surface area contributed by atoms with E-state index in [9.17, 15) is 8.42 Å². The Morgan fingerprint density at radius 3 is 2.76 bits per heavy atom. The number of hydrogen-bond acceptors (Lipinski definition) is 5. The van der Waals surface area contributed by atoms with Crippen LogP contribution in [-0.2, 0) is 21.3 Å². The van der Waals surface area contributed by atoms with E-state index >= 15 is 0 Å². The van der Waals surface area contributed by atoms with Gasteiger partial charge in [0, 0.05) is 37.7 Å². The van der Waals surface area contributed by atoms with E-state index in [0.717, 1.165) is 10.4 Å². The van der Waals surface area contributed by atoms with Gasteiger partial charge in [0.05, 0.1) is 6.61 Å². The summed E-state index contributed by atoms with van der Waals surface area (Å²) < 4.78 is 32.3. The maximum Gasteiger partial charge on any atom is 0.244 e. The average molecular weight is 332 g/mol.